The van der Waals surface area contributed by atoms with E-state index in [-0.39, 0.29) is 5.92 Å². The first-order chi connectivity index (χ1) is 7.58. The Morgan fingerprint density at radius 3 is 2.41 bits per heavy atom. The van der Waals surface area contributed by atoms with E-state index in [1.807, 2.05) is 13.0 Å². The van der Waals surface area contributed by atoms with Gasteiger partial charge in [-0.05, 0) is 0 Å². The molecule has 2 unspecified atom stereocenters. The van der Waals surface area contributed by atoms with Crippen molar-refractivity contribution in [2.24, 2.45) is 5.92 Å². The van der Waals surface area contributed by atoms with E-state index < -0.39 is 40.7 Å². The molecule has 0 spiro atoms. The van der Waals surface area contributed by atoms with E-state index in [9.17, 15) is 21.6 Å². The summed E-state index contributed by atoms with van der Waals surface area (Å²) < 4.78 is 61.3. The molecule has 0 fully saturated rings. The molecule has 17 heavy (non-hydrogen) atoms. The van der Waals surface area contributed by atoms with Crippen LogP contribution in [0.3, 0.4) is 0 Å². The van der Waals surface area contributed by atoms with Crippen molar-refractivity contribution in [3.63, 3.8) is 0 Å². The van der Waals surface area contributed by atoms with Crippen molar-refractivity contribution in [1.29, 1.82) is 0 Å². The molecule has 100 valence electrons. The second-order valence-corrected chi connectivity index (χ2v) is 9.06. The Kier molecular flexibility index (Phi) is 4.30. The molecule has 0 saturated heterocycles. The standard InChI is InChI=1S/C9H11F3IO3S/c1-7-5-3-4-6-8(7,2)13-16-17(14,15)9(10,11)12/h3-7H,1-2H3/q-1. The van der Waals surface area contributed by atoms with Gasteiger partial charge in [-0.2, -0.15) is 0 Å². The summed E-state index contributed by atoms with van der Waals surface area (Å²) >= 11 is -1.62. The minimum absolute atomic E-state index is 0.0521. The van der Waals surface area contributed by atoms with Crippen LogP contribution < -0.4 is 21.6 Å². The van der Waals surface area contributed by atoms with Gasteiger partial charge in [-0.1, -0.05) is 0 Å². The summed E-state index contributed by atoms with van der Waals surface area (Å²) in [5.41, 5.74) is -5.35. The van der Waals surface area contributed by atoms with Crippen molar-refractivity contribution < 1.29 is 45.7 Å². The van der Waals surface area contributed by atoms with Gasteiger partial charge in [0, 0.05) is 0 Å². The molecule has 0 aliphatic heterocycles. The van der Waals surface area contributed by atoms with Gasteiger partial charge in [0.15, 0.2) is 0 Å². The van der Waals surface area contributed by atoms with Gasteiger partial charge in [-0.15, -0.1) is 0 Å². The fourth-order valence-corrected chi connectivity index (χ4v) is 4.79. The molecule has 0 aromatic carbocycles. The molecule has 0 bridgehead atoms. The Balaban J connectivity index is 2.75. The van der Waals surface area contributed by atoms with Crippen LogP contribution in [0.15, 0.2) is 24.3 Å². The van der Waals surface area contributed by atoms with Crippen molar-refractivity contribution in [2.75, 3.05) is 0 Å². The van der Waals surface area contributed by atoms with Gasteiger partial charge in [-0.3, -0.25) is 0 Å². The van der Waals surface area contributed by atoms with Gasteiger partial charge in [0.25, 0.3) is 0 Å². The molecule has 0 N–H and O–H groups in total. The zero-order valence-electron chi connectivity index (χ0n) is 9.03. The summed E-state index contributed by atoms with van der Waals surface area (Å²) in [5, 5.41) is 0. The van der Waals surface area contributed by atoms with Gasteiger partial charge in [-0.25, -0.2) is 0 Å². The molecule has 0 heterocycles. The molecule has 1 rings (SSSR count). The number of rotatable bonds is 3. The summed E-state index contributed by atoms with van der Waals surface area (Å²) in [5.74, 6) is -0.0521. The number of hydrogen-bond acceptors (Lipinski definition) is 3. The zero-order valence-corrected chi connectivity index (χ0v) is 12.0. The molecular formula is C9H11F3IO3S-. The minimum atomic E-state index is -5.47. The first-order valence-electron chi connectivity index (χ1n) is 4.60. The van der Waals surface area contributed by atoms with Crippen LogP contribution in [0, 0.1) is 5.92 Å². The Bertz CT molecular complexity index is 441. The quantitative estimate of drug-likeness (QED) is 0.371. The van der Waals surface area contributed by atoms with E-state index in [1.54, 1.807) is 25.2 Å². The van der Waals surface area contributed by atoms with Gasteiger partial charge in [0.2, 0.25) is 0 Å². The third-order valence-electron chi connectivity index (χ3n) is 2.39. The maximum absolute atomic E-state index is 12.1. The van der Waals surface area contributed by atoms with Crippen molar-refractivity contribution in [2.45, 2.75) is 22.8 Å². The average Bonchev–Trinajstić information content (AvgIpc) is 2.19. The van der Waals surface area contributed by atoms with E-state index in [4.69, 9.17) is 0 Å². The molecule has 1 aliphatic rings. The molecule has 2 atom stereocenters. The summed E-state index contributed by atoms with van der Waals surface area (Å²) in [6.07, 6.45) is 6.96. The molecule has 0 radical (unpaired) electrons. The van der Waals surface area contributed by atoms with Gasteiger partial charge in [0.05, 0.1) is 0 Å². The Morgan fingerprint density at radius 1 is 1.35 bits per heavy atom. The molecule has 0 aromatic heterocycles. The first kappa shape index (κ1) is 15.0. The Morgan fingerprint density at radius 2 is 1.94 bits per heavy atom. The van der Waals surface area contributed by atoms with Gasteiger partial charge < -0.3 is 0 Å². The number of halogens is 4. The van der Waals surface area contributed by atoms with E-state index in [1.165, 1.54) is 0 Å². The van der Waals surface area contributed by atoms with Crippen LogP contribution in [0.1, 0.15) is 13.8 Å². The fraction of sp³-hybridized carbons (Fsp3) is 0.556. The SMILES string of the molecule is CC1C=CC=CC1(C)[I-]OS(=O)(=O)C(F)(F)F. The van der Waals surface area contributed by atoms with Crippen LogP contribution in [0.2, 0.25) is 0 Å². The second kappa shape index (κ2) is 4.88. The van der Waals surface area contributed by atoms with E-state index >= 15 is 0 Å². The third-order valence-corrected chi connectivity index (χ3v) is 7.43. The predicted octanol–water partition coefficient (Wildman–Crippen LogP) is -0.623. The van der Waals surface area contributed by atoms with Crippen LogP contribution >= 0.6 is 0 Å². The summed E-state index contributed by atoms with van der Waals surface area (Å²) in [6, 6.07) is 0. The van der Waals surface area contributed by atoms with Crippen LogP contribution in [0.4, 0.5) is 13.2 Å². The van der Waals surface area contributed by atoms with Crippen molar-refractivity contribution in [1.82, 2.24) is 0 Å². The molecule has 1 aliphatic carbocycles. The van der Waals surface area contributed by atoms with Crippen LogP contribution in [-0.2, 0) is 12.6 Å². The maximum atomic E-state index is 12.1. The monoisotopic (exact) mass is 383 g/mol. The van der Waals surface area contributed by atoms with Crippen LogP contribution in [-0.4, -0.2) is 17.3 Å². The fourth-order valence-electron chi connectivity index (χ4n) is 1.06. The summed E-state index contributed by atoms with van der Waals surface area (Å²) in [6.45, 7) is 3.50. The number of allylic oxidation sites excluding steroid dienone is 4. The number of alkyl halides is 4. The summed E-state index contributed by atoms with van der Waals surface area (Å²) in [7, 11) is -5.47. The Labute approximate surface area is 109 Å². The summed E-state index contributed by atoms with van der Waals surface area (Å²) in [4.78, 5) is 0. The normalized spacial score (nSPS) is 29.8. The van der Waals surface area contributed by atoms with Crippen molar-refractivity contribution in [3.8, 4) is 0 Å². The molecule has 0 amide bonds. The predicted molar refractivity (Wildman–Crippen MR) is 51.9 cm³/mol. The van der Waals surface area contributed by atoms with Crippen molar-refractivity contribution >= 4 is 10.1 Å². The van der Waals surface area contributed by atoms with Crippen LogP contribution in [0.5, 0.6) is 0 Å². The average molecular weight is 383 g/mol. The van der Waals surface area contributed by atoms with E-state index in [0.29, 0.717) is 0 Å². The first-order valence-corrected chi connectivity index (χ1v) is 7.97. The third kappa shape index (κ3) is 3.44. The molecule has 0 aromatic rings. The Hall–Kier alpha value is -0.0900. The zero-order chi connectivity index (χ0) is 13.3. The molecule has 8 heteroatoms. The van der Waals surface area contributed by atoms with Crippen LogP contribution in [0.25, 0.3) is 0 Å². The number of hydrogen-bond donors (Lipinski definition) is 0. The topological polar surface area (TPSA) is 43.4 Å². The molecular weight excluding hydrogens is 372 g/mol. The second-order valence-electron chi connectivity index (χ2n) is 3.72. The van der Waals surface area contributed by atoms with E-state index in [0.717, 1.165) is 0 Å². The van der Waals surface area contributed by atoms with Gasteiger partial charge >= 0.3 is 109 Å². The van der Waals surface area contributed by atoms with Gasteiger partial charge in [0.1, 0.15) is 0 Å². The molecule has 3 nitrogen and oxygen atoms in total. The van der Waals surface area contributed by atoms with Crippen molar-refractivity contribution in [3.05, 3.63) is 24.3 Å². The molecule has 0 saturated carbocycles. The van der Waals surface area contributed by atoms with E-state index in [2.05, 4.69) is 2.51 Å².